The molecule has 0 aromatic heterocycles. The molecule has 0 N–H and O–H groups in total. The lowest BCUT2D eigenvalue weighted by Crippen LogP contribution is -2.37. The first-order valence-electron chi connectivity index (χ1n) is 8.01. The minimum absolute atomic E-state index is 0.0138. The Bertz CT molecular complexity index is 501. The summed E-state index contributed by atoms with van der Waals surface area (Å²) in [6.07, 6.45) is 3.34. The maximum Gasteiger partial charge on any atom is 0.313 e. The number of hydrogen-bond acceptors (Lipinski definition) is 3. The van der Waals surface area contributed by atoms with E-state index in [1.165, 1.54) is 25.5 Å². The molecule has 21 heavy (non-hydrogen) atoms. The second-order valence-corrected chi connectivity index (χ2v) is 6.74. The molecule has 1 aliphatic carbocycles. The third-order valence-electron chi connectivity index (χ3n) is 5.43. The zero-order valence-electron chi connectivity index (χ0n) is 13.0. The monoisotopic (exact) mass is 287 g/mol. The number of rotatable bonds is 4. The van der Waals surface area contributed by atoms with Gasteiger partial charge in [0.25, 0.3) is 0 Å². The number of hydrogen-bond donors (Lipinski definition) is 0. The Kier molecular flexibility index (Phi) is 4.03. The van der Waals surface area contributed by atoms with Gasteiger partial charge in [0.2, 0.25) is 0 Å². The maximum absolute atomic E-state index is 12.3. The number of ether oxygens (including phenoxy) is 1. The quantitative estimate of drug-likeness (QED) is 0.797. The number of fused-ring (bicyclic) bond motifs is 1. The van der Waals surface area contributed by atoms with Gasteiger partial charge in [0, 0.05) is 19.6 Å². The minimum atomic E-state index is -0.217. The van der Waals surface area contributed by atoms with E-state index >= 15 is 0 Å². The number of likely N-dealkylation sites (tertiary alicyclic amines) is 1. The van der Waals surface area contributed by atoms with Gasteiger partial charge in [0.05, 0.1) is 12.5 Å². The van der Waals surface area contributed by atoms with Crippen LogP contribution in [0.2, 0.25) is 0 Å². The fourth-order valence-electron chi connectivity index (χ4n) is 4.34. The van der Waals surface area contributed by atoms with Crippen molar-refractivity contribution >= 4 is 5.97 Å². The molecule has 1 aromatic carbocycles. The molecule has 1 aliphatic heterocycles. The summed E-state index contributed by atoms with van der Waals surface area (Å²) in [5, 5.41) is 0. The average Bonchev–Trinajstić information content (AvgIpc) is 3.04. The second kappa shape index (κ2) is 5.80. The number of esters is 1. The zero-order chi connectivity index (χ0) is 14.9. The third-order valence-corrected chi connectivity index (χ3v) is 5.43. The third kappa shape index (κ3) is 2.59. The average molecular weight is 287 g/mol. The summed E-state index contributed by atoms with van der Waals surface area (Å²) in [7, 11) is 1.53. The van der Waals surface area contributed by atoms with Crippen LogP contribution in [0.4, 0.5) is 0 Å². The second-order valence-electron chi connectivity index (χ2n) is 6.74. The molecule has 0 radical (unpaired) electrons. The van der Waals surface area contributed by atoms with E-state index in [0.29, 0.717) is 11.8 Å². The fraction of sp³-hybridized carbons (Fsp3) is 0.611. The lowest BCUT2D eigenvalue weighted by molar-refractivity contribution is -0.153. The van der Waals surface area contributed by atoms with Crippen LogP contribution in [0.3, 0.4) is 0 Å². The molecule has 1 saturated carbocycles. The molecule has 1 saturated heterocycles. The molecule has 0 amide bonds. The first kappa shape index (κ1) is 14.6. The summed E-state index contributed by atoms with van der Waals surface area (Å²) >= 11 is 0. The van der Waals surface area contributed by atoms with E-state index in [-0.39, 0.29) is 11.4 Å². The summed E-state index contributed by atoms with van der Waals surface area (Å²) < 4.78 is 5.11. The molecule has 3 nitrogen and oxygen atoms in total. The topological polar surface area (TPSA) is 29.5 Å². The van der Waals surface area contributed by atoms with Crippen molar-refractivity contribution in [2.45, 2.75) is 32.1 Å². The highest BCUT2D eigenvalue weighted by Gasteiger charge is 2.55. The van der Waals surface area contributed by atoms with Gasteiger partial charge in [-0.3, -0.25) is 4.79 Å². The van der Waals surface area contributed by atoms with Crippen molar-refractivity contribution in [2.75, 3.05) is 26.7 Å². The predicted molar refractivity (Wildman–Crippen MR) is 83.1 cm³/mol. The lowest BCUT2D eigenvalue weighted by atomic mass is 9.81. The van der Waals surface area contributed by atoms with E-state index in [0.717, 1.165) is 26.1 Å². The van der Waals surface area contributed by atoms with E-state index in [1.54, 1.807) is 0 Å². The van der Waals surface area contributed by atoms with Gasteiger partial charge in [-0.15, -0.1) is 0 Å². The molecule has 0 bridgehead atoms. The fourth-order valence-corrected chi connectivity index (χ4v) is 4.34. The predicted octanol–water partition coefficient (Wildman–Crippen LogP) is 3.07. The Morgan fingerprint density at radius 3 is 2.90 bits per heavy atom. The van der Waals surface area contributed by atoms with Crippen molar-refractivity contribution < 1.29 is 9.53 Å². The van der Waals surface area contributed by atoms with Gasteiger partial charge >= 0.3 is 5.97 Å². The van der Waals surface area contributed by atoms with E-state index in [9.17, 15) is 4.79 Å². The molecule has 3 rings (SSSR count). The smallest absolute Gasteiger partial charge is 0.313 e. The summed E-state index contributed by atoms with van der Waals surface area (Å²) in [5.74, 6) is 1.01. The Morgan fingerprint density at radius 2 is 2.19 bits per heavy atom. The molecule has 2 aliphatic rings. The number of methoxy groups -OCH3 is 1. The number of nitrogens with zero attached hydrogens (tertiary/aromatic N) is 1. The standard InChI is InChI=1S/C18H25NO2/c1-14(15-7-4-3-5-8-15)11-19-12-16-9-6-10-18(16,13-19)17(20)21-2/h3-5,7-8,14,16H,6,9-13H2,1-2H3/t14-,16-,18+/m1/s1. The van der Waals surface area contributed by atoms with Crippen LogP contribution in [-0.4, -0.2) is 37.6 Å². The van der Waals surface area contributed by atoms with Crippen LogP contribution in [0, 0.1) is 11.3 Å². The zero-order valence-corrected chi connectivity index (χ0v) is 13.0. The molecule has 0 unspecified atom stereocenters. The Balaban J connectivity index is 1.68. The molecule has 0 spiro atoms. The number of carbonyl (C=O) groups excluding carboxylic acids is 1. The molecule has 2 fully saturated rings. The van der Waals surface area contributed by atoms with Gasteiger partial charge in [-0.1, -0.05) is 43.7 Å². The number of benzene rings is 1. The van der Waals surface area contributed by atoms with E-state index in [2.05, 4.69) is 42.2 Å². The number of carbonyl (C=O) groups is 1. The first-order valence-corrected chi connectivity index (χ1v) is 8.01. The minimum Gasteiger partial charge on any atom is -0.469 e. The summed E-state index contributed by atoms with van der Waals surface area (Å²) in [5.41, 5.74) is 1.16. The van der Waals surface area contributed by atoms with Gasteiger partial charge in [-0.05, 0) is 30.2 Å². The maximum atomic E-state index is 12.3. The van der Waals surface area contributed by atoms with Crippen molar-refractivity contribution in [3.63, 3.8) is 0 Å². The summed E-state index contributed by atoms with van der Waals surface area (Å²) in [6.45, 7) is 5.22. The van der Waals surface area contributed by atoms with Crippen molar-refractivity contribution in [3.8, 4) is 0 Å². The highest BCUT2D eigenvalue weighted by atomic mass is 16.5. The van der Waals surface area contributed by atoms with Crippen LogP contribution < -0.4 is 0 Å². The molecule has 3 heteroatoms. The van der Waals surface area contributed by atoms with Gasteiger partial charge in [-0.2, -0.15) is 0 Å². The SMILES string of the molecule is COC(=O)[C@]12CCC[C@@H]1CN(C[C@@H](C)c1ccccc1)C2. The van der Waals surface area contributed by atoms with Gasteiger partial charge < -0.3 is 9.64 Å². The Hall–Kier alpha value is -1.35. The molecule has 1 heterocycles. The van der Waals surface area contributed by atoms with E-state index in [1.807, 2.05) is 0 Å². The molecular formula is C18H25NO2. The Morgan fingerprint density at radius 1 is 1.43 bits per heavy atom. The van der Waals surface area contributed by atoms with Gasteiger partial charge in [0.1, 0.15) is 0 Å². The van der Waals surface area contributed by atoms with Crippen molar-refractivity contribution in [2.24, 2.45) is 11.3 Å². The van der Waals surface area contributed by atoms with Crippen molar-refractivity contribution in [1.82, 2.24) is 4.90 Å². The first-order chi connectivity index (χ1) is 10.2. The summed E-state index contributed by atoms with van der Waals surface area (Å²) in [4.78, 5) is 14.7. The van der Waals surface area contributed by atoms with Crippen molar-refractivity contribution in [1.29, 1.82) is 0 Å². The molecular weight excluding hydrogens is 262 g/mol. The normalized spacial score (nSPS) is 30.1. The highest BCUT2D eigenvalue weighted by molar-refractivity contribution is 5.78. The van der Waals surface area contributed by atoms with E-state index in [4.69, 9.17) is 4.74 Å². The van der Waals surface area contributed by atoms with Gasteiger partial charge in [0.15, 0.2) is 0 Å². The molecule has 114 valence electrons. The van der Waals surface area contributed by atoms with Crippen LogP contribution >= 0.6 is 0 Å². The van der Waals surface area contributed by atoms with Gasteiger partial charge in [-0.25, -0.2) is 0 Å². The lowest BCUT2D eigenvalue weighted by Gasteiger charge is -2.26. The van der Waals surface area contributed by atoms with Crippen LogP contribution in [0.15, 0.2) is 30.3 Å². The Labute approximate surface area is 127 Å². The van der Waals surface area contributed by atoms with E-state index < -0.39 is 0 Å². The highest BCUT2D eigenvalue weighted by Crippen LogP contribution is 2.49. The van der Waals surface area contributed by atoms with Crippen LogP contribution in [0.25, 0.3) is 0 Å². The van der Waals surface area contributed by atoms with Crippen LogP contribution in [0.5, 0.6) is 0 Å². The van der Waals surface area contributed by atoms with Crippen LogP contribution in [0.1, 0.15) is 37.7 Å². The van der Waals surface area contributed by atoms with Crippen LogP contribution in [-0.2, 0) is 9.53 Å². The molecule has 1 aromatic rings. The van der Waals surface area contributed by atoms with Crippen molar-refractivity contribution in [3.05, 3.63) is 35.9 Å². The molecule has 3 atom stereocenters. The largest absolute Gasteiger partial charge is 0.469 e. The summed E-state index contributed by atoms with van der Waals surface area (Å²) in [6, 6.07) is 10.6.